The van der Waals surface area contributed by atoms with E-state index in [2.05, 4.69) is 40.3 Å². The lowest BCUT2D eigenvalue weighted by Gasteiger charge is -2.31. The maximum absolute atomic E-state index is 12.4. The van der Waals surface area contributed by atoms with E-state index in [0.717, 1.165) is 42.1 Å². The van der Waals surface area contributed by atoms with Crippen LogP contribution >= 0.6 is 11.3 Å². The molecule has 1 aliphatic heterocycles. The van der Waals surface area contributed by atoms with E-state index in [0.29, 0.717) is 6.54 Å². The molecule has 5 nitrogen and oxygen atoms in total. The van der Waals surface area contributed by atoms with Crippen LogP contribution in [-0.4, -0.2) is 29.0 Å². The van der Waals surface area contributed by atoms with Crippen LogP contribution < -0.4 is 10.2 Å². The van der Waals surface area contributed by atoms with E-state index in [1.165, 1.54) is 10.3 Å². The standard InChI is InChI=1S/C20H22N4OS/c1-14-4-5-17-18(11-14)26-20(23-17)24-9-6-16(7-10-24)19(25)22-13-15-3-2-8-21-12-15/h2-5,8,11-12,16H,6-7,9-10,13H2,1H3,(H,22,25). The van der Waals surface area contributed by atoms with Crippen molar-refractivity contribution in [3.05, 3.63) is 53.9 Å². The van der Waals surface area contributed by atoms with Crippen LogP contribution in [0.3, 0.4) is 0 Å². The molecule has 0 radical (unpaired) electrons. The van der Waals surface area contributed by atoms with Crippen LogP contribution in [0.5, 0.6) is 0 Å². The number of nitrogens with one attached hydrogen (secondary N) is 1. The maximum atomic E-state index is 12.4. The first-order valence-corrected chi connectivity index (χ1v) is 9.79. The number of carbonyl (C=O) groups is 1. The number of fused-ring (bicyclic) bond motifs is 1. The molecule has 1 aromatic carbocycles. The molecule has 0 saturated carbocycles. The van der Waals surface area contributed by atoms with E-state index in [1.807, 2.05) is 12.1 Å². The summed E-state index contributed by atoms with van der Waals surface area (Å²) >= 11 is 1.74. The Morgan fingerprint density at radius 1 is 1.31 bits per heavy atom. The summed E-state index contributed by atoms with van der Waals surface area (Å²) in [6, 6.07) is 10.2. The van der Waals surface area contributed by atoms with Gasteiger partial charge in [0.25, 0.3) is 0 Å². The minimum absolute atomic E-state index is 0.0829. The molecule has 26 heavy (non-hydrogen) atoms. The zero-order valence-corrected chi connectivity index (χ0v) is 15.6. The third-order valence-electron chi connectivity index (χ3n) is 4.86. The molecule has 2 aromatic heterocycles. The number of pyridine rings is 1. The third kappa shape index (κ3) is 3.70. The van der Waals surface area contributed by atoms with Gasteiger partial charge in [-0.2, -0.15) is 0 Å². The summed E-state index contributed by atoms with van der Waals surface area (Å²) in [5.41, 5.74) is 3.35. The minimum Gasteiger partial charge on any atom is -0.352 e. The molecule has 3 aromatic rings. The maximum Gasteiger partial charge on any atom is 0.223 e. The fourth-order valence-corrected chi connectivity index (χ4v) is 4.44. The molecule has 0 atom stereocenters. The number of aromatic nitrogens is 2. The summed E-state index contributed by atoms with van der Waals surface area (Å²) in [7, 11) is 0. The SMILES string of the molecule is Cc1ccc2nc(N3CCC(C(=O)NCc4cccnc4)CC3)sc2c1. The normalized spacial score (nSPS) is 15.3. The summed E-state index contributed by atoms with van der Waals surface area (Å²) in [6.07, 6.45) is 5.27. The summed E-state index contributed by atoms with van der Waals surface area (Å²) in [6.45, 7) is 4.41. The van der Waals surface area contributed by atoms with Crippen LogP contribution in [0.2, 0.25) is 0 Å². The van der Waals surface area contributed by atoms with E-state index >= 15 is 0 Å². The van der Waals surface area contributed by atoms with E-state index < -0.39 is 0 Å². The van der Waals surface area contributed by atoms with Gasteiger partial charge in [-0.3, -0.25) is 9.78 Å². The van der Waals surface area contributed by atoms with Gasteiger partial charge in [0.2, 0.25) is 5.91 Å². The average Bonchev–Trinajstić information content (AvgIpc) is 3.10. The molecule has 3 heterocycles. The van der Waals surface area contributed by atoms with E-state index in [1.54, 1.807) is 23.7 Å². The van der Waals surface area contributed by atoms with Gasteiger partial charge >= 0.3 is 0 Å². The first-order chi connectivity index (χ1) is 12.7. The third-order valence-corrected chi connectivity index (χ3v) is 5.94. The van der Waals surface area contributed by atoms with Crippen molar-refractivity contribution < 1.29 is 4.79 Å². The molecule has 0 unspecified atom stereocenters. The fraction of sp³-hybridized carbons (Fsp3) is 0.350. The van der Waals surface area contributed by atoms with Gasteiger partial charge in [0.15, 0.2) is 5.13 Å². The number of aryl methyl sites for hydroxylation is 1. The van der Waals surface area contributed by atoms with Crippen molar-refractivity contribution in [2.75, 3.05) is 18.0 Å². The fourth-order valence-electron chi connectivity index (χ4n) is 3.32. The molecule has 0 spiro atoms. The average molecular weight is 366 g/mol. The van der Waals surface area contributed by atoms with Crippen molar-refractivity contribution in [2.24, 2.45) is 5.92 Å². The lowest BCUT2D eigenvalue weighted by Crippen LogP contribution is -2.40. The Balaban J connectivity index is 1.33. The van der Waals surface area contributed by atoms with Crippen LogP contribution in [0.1, 0.15) is 24.0 Å². The number of carbonyl (C=O) groups excluding carboxylic acids is 1. The van der Waals surface area contributed by atoms with Crippen LogP contribution in [0, 0.1) is 12.8 Å². The Hall–Kier alpha value is -2.47. The predicted octanol–water partition coefficient (Wildman–Crippen LogP) is 3.53. The van der Waals surface area contributed by atoms with Gasteiger partial charge in [0.1, 0.15) is 0 Å². The van der Waals surface area contributed by atoms with Crippen molar-refractivity contribution >= 4 is 32.6 Å². The number of hydrogen-bond donors (Lipinski definition) is 1. The van der Waals surface area contributed by atoms with Gasteiger partial charge in [0.05, 0.1) is 10.2 Å². The number of amides is 1. The van der Waals surface area contributed by atoms with E-state index in [9.17, 15) is 4.79 Å². The highest BCUT2D eigenvalue weighted by atomic mass is 32.1. The molecule has 134 valence electrons. The van der Waals surface area contributed by atoms with Gasteiger partial charge < -0.3 is 10.2 Å². The first kappa shape index (κ1) is 17.0. The lowest BCUT2D eigenvalue weighted by atomic mass is 9.96. The van der Waals surface area contributed by atoms with Gasteiger partial charge in [-0.15, -0.1) is 0 Å². The van der Waals surface area contributed by atoms with Gasteiger partial charge in [0, 0.05) is 37.9 Å². The Labute approximate surface area is 157 Å². The zero-order chi connectivity index (χ0) is 17.9. The second-order valence-electron chi connectivity index (χ2n) is 6.81. The Morgan fingerprint density at radius 3 is 2.92 bits per heavy atom. The molecule has 0 aliphatic carbocycles. The Bertz CT molecular complexity index is 901. The second-order valence-corrected chi connectivity index (χ2v) is 7.82. The number of anilines is 1. The largest absolute Gasteiger partial charge is 0.352 e. The monoisotopic (exact) mass is 366 g/mol. The molecule has 1 N–H and O–H groups in total. The molecular weight excluding hydrogens is 344 g/mol. The van der Waals surface area contributed by atoms with Crippen molar-refractivity contribution in [1.29, 1.82) is 0 Å². The van der Waals surface area contributed by atoms with Crippen LogP contribution in [0.4, 0.5) is 5.13 Å². The van der Waals surface area contributed by atoms with E-state index in [-0.39, 0.29) is 11.8 Å². The summed E-state index contributed by atoms with van der Waals surface area (Å²) in [5.74, 6) is 0.230. The Morgan fingerprint density at radius 2 is 2.15 bits per heavy atom. The van der Waals surface area contributed by atoms with Gasteiger partial charge in [-0.1, -0.05) is 23.5 Å². The zero-order valence-electron chi connectivity index (χ0n) is 14.8. The van der Waals surface area contributed by atoms with Crippen molar-refractivity contribution in [3.8, 4) is 0 Å². The smallest absolute Gasteiger partial charge is 0.223 e. The first-order valence-electron chi connectivity index (χ1n) is 8.98. The highest BCUT2D eigenvalue weighted by Gasteiger charge is 2.26. The molecule has 6 heteroatoms. The molecule has 1 saturated heterocycles. The molecule has 1 amide bonds. The molecule has 1 aliphatic rings. The summed E-state index contributed by atoms with van der Waals surface area (Å²) in [5, 5.41) is 4.11. The van der Waals surface area contributed by atoms with Crippen molar-refractivity contribution in [2.45, 2.75) is 26.3 Å². The number of hydrogen-bond acceptors (Lipinski definition) is 5. The van der Waals surface area contributed by atoms with Crippen molar-refractivity contribution in [1.82, 2.24) is 15.3 Å². The van der Waals surface area contributed by atoms with Crippen molar-refractivity contribution in [3.63, 3.8) is 0 Å². The van der Waals surface area contributed by atoms with Gasteiger partial charge in [-0.05, 0) is 49.1 Å². The molecule has 4 rings (SSSR count). The number of nitrogens with zero attached hydrogens (tertiary/aromatic N) is 3. The van der Waals surface area contributed by atoms with Gasteiger partial charge in [-0.25, -0.2) is 4.98 Å². The summed E-state index contributed by atoms with van der Waals surface area (Å²) < 4.78 is 1.23. The number of rotatable bonds is 4. The second kappa shape index (κ2) is 7.41. The minimum atomic E-state index is 0.0829. The quantitative estimate of drug-likeness (QED) is 0.767. The predicted molar refractivity (Wildman–Crippen MR) is 105 cm³/mol. The molecular formula is C20H22N4OS. The number of piperidine rings is 1. The topological polar surface area (TPSA) is 58.1 Å². The lowest BCUT2D eigenvalue weighted by molar-refractivity contribution is -0.125. The Kier molecular flexibility index (Phi) is 4.84. The van der Waals surface area contributed by atoms with Crippen LogP contribution in [-0.2, 0) is 11.3 Å². The van der Waals surface area contributed by atoms with E-state index in [4.69, 9.17) is 4.98 Å². The highest BCUT2D eigenvalue weighted by Crippen LogP contribution is 2.32. The highest BCUT2D eigenvalue weighted by molar-refractivity contribution is 7.22. The van der Waals surface area contributed by atoms with Crippen LogP contribution in [0.25, 0.3) is 10.2 Å². The molecule has 1 fully saturated rings. The summed E-state index contributed by atoms with van der Waals surface area (Å²) in [4.78, 5) is 23.6. The number of benzene rings is 1. The van der Waals surface area contributed by atoms with Crippen LogP contribution in [0.15, 0.2) is 42.7 Å². The number of thiazole rings is 1. The molecule has 0 bridgehead atoms.